The highest BCUT2D eigenvalue weighted by Crippen LogP contribution is 2.65. The highest BCUT2D eigenvalue weighted by atomic mass is 15.1. The van der Waals surface area contributed by atoms with E-state index in [0.717, 1.165) is 58.1 Å². The molecule has 2 heteroatoms. The second kappa shape index (κ2) is 25.1. The molecule has 2 nitrogen and oxygen atoms in total. The van der Waals surface area contributed by atoms with Crippen molar-refractivity contribution in [1.82, 2.24) is 0 Å². The van der Waals surface area contributed by atoms with Crippen LogP contribution in [-0.4, -0.2) is 0 Å². The van der Waals surface area contributed by atoms with Crippen molar-refractivity contribution >= 4 is 46.3 Å². The lowest BCUT2D eigenvalue weighted by molar-refractivity contribution is 0.589. The molecule has 0 radical (unpaired) electrons. The van der Waals surface area contributed by atoms with Crippen molar-refractivity contribution in [1.29, 1.82) is 0 Å². The summed E-state index contributed by atoms with van der Waals surface area (Å²) >= 11 is 0. The first-order valence-corrected chi connectivity index (χ1v) is 36.0. The average molecular weight is 1310 g/mol. The fourth-order valence-electron chi connectivity index (χ4n) is 17.1. The second-order valence-electron chi connectivity index (χ2n) is 30.1. The van der Waals surface area contributed by atoms with Crippen molar-refractivity contribution in [3.8, 4) is 44.5 Å². The molecule has 0 aliphatic heterocycles. The molecule has 0 N–H and O–H groups in total. The number of anilines is 6. The fraction of sp³-hybridized carbons (Fsp3) is 0.120. The van der Waals surface area contributed by atoms with Crippen LogP contribution >= 0.6 is 0 Å². The van der Waals surface area contributed by atoms with Crippen LogP contribution in [0.5, 0.6) is 0 Å². The molecule has 2 unspecified atom stereocenters. The molecule has 3 aliphatic carbocycles. The summed E-state index contributed by atoms with van der Waals surface area (Å²) in [5, 5.41) is 0. The van der Waals surface area contributed by atoms with Crippen LogP contribution in [0.1, 0.15) is 131 Å². The summed E-state index contributed by atoms with van der Waals surface area (Å²) in [4.78, 5) is 4.99. The molecule has 3 aliphatic rings. The quantitative estimate of drug-likeness (QED) is 0.101. The van der Waals surface area contributed by atoms with Gasteiger partial charge in [0, 0.05) is 34.1 Å². The molecular weight excluding hydrogens is 1230 g/mol. The van der Waals surface area contributed by atoms with Gasteiger partial charge in [-0.05, 0) is 230 Å². The number of rotatable bonds is 15. The Labute approximate surface area is 602 Å². The van der Waals surface area contributed by atoms with Crippen molar-refractivity contribution < 1.29 is 0 Å². The Morgan fingerprint density at radius 1 is 0.265 bits per heavy atom. The number of hydrogen-bond donors (Lipinski definition) is 0. The lowest BCUT2D eigenvalue weighted by Crippen LogP contribution is -2.29. The summed E-state index contributed by atoms with van der Waals surface area (Å²) in [5.74, 6) is 0. The number of benzene rings is 14. The van der Waals surface area contributed by atoms with Gasteiger partial charge in [-0.2, -0.15) is 0 Å². The molecule has 0 heterocycles. The highest BCUT2D eigenvalue weighted by Gasteiger charge is 2.53. The summed E-state index contributed by atoms with van der Waals surface area (Å²) in [7, 11) is 0. The Morgan fingerprint density at radius 3 is 1.02 bits per heavy atom. The van der Waals surface area contributed by atoms with Gasteiger partial charge in [0.15, 0.2) is 0 Å². The standard InChI is InChI=1S/C100H82N2/c1-9-67-37-39-69(40-38-67)62-72-63-79(53-57-84(72)83-30-18-17-25-71(83)61-70-43-45-73(46-44-70)97(3,4)5)101(77-26-13-11-14-27-77)81-55-59-89-86-32-20-23-35-92(86)100(95(89)65-81)93-36-24-21-33-87(93)90-60-56-82(66-96(90)100)102(78-28-15-12-16-29-78)80-54-58-88-85-31-19-22-34-91(85)99(94(88)64-80,75-47-41-68(10-2)42-48-75)76-51-49-74(50-52-76)98(6,7)8/h9-60,63-66H,1-2,61-62H2,3-8H3. The Balaban J connectivity index is 0.843. The smallest absolute Gasteiger partial charge is 0.0727 e. The minimum Gasteiger partial charge on any atom is -0.310 e. The first-order valence-electron chi connectivity index (χ1n) is 36.0. The van der Waals surface area contributed by atoms with Gasteiger partial charge in [-0.25, -0.2) is 0 Å². The number of nitrogens with zero attached hydrogens (tertiary/aromatic N) is 2. The number of fused-ring (bicyclic) bond motifs is 13. The Morgan fingerprint density at radius 2 is 0.578 bits per heavy atom. The van der Waals surface area contributed by atoms with E-state index >= 15 is 0 Å². The third-order valence-electron chi connectivity index (χ3n) is 22.1. The van der Waals surface area contributed by atoms with E-state index < -0.39 is 10.8 Å². The van der Waals surface area contributed by atoms with Gasteiger partial charge in [-0.3, -0.25) is 0 Å². The van der Waals surface area contributed by atoms with Crippen molar-refractivity contribution in [3.05, 3.63) is 430 Å². The second-order valence-corrected chi connectivity index (χ2v) is 30.1. The van der Waals surface area contributed by atoms with E-state index in [0.29, 0.717) is 0 Å². The van der Waals surface area contributed by atoms with Crippen LogP contribution in [0.3, 0.4) is 0 Å². The van der Waals surface area contributed by atoms with Gasteiger partial charge in [0.2, 0.25) is 0 Å². The molecule has 0 amide bonds. The molecule has 17 rings (SSSR count). The van der Waals surface area contributed by atoms with E-state index in [9.17, 15) is 0 Å². The van der Waals surface area contributed by atoms with Gasteiger partial charge < -0.3 is 9.80 Å². The van der Waals surface area contributed by atoms with Crippen LogP contribution in [0.15, 0.2) is 341 Å². The van der Waals surface area contributed by atoms with Gasteiger partial charge in [-0.1, -0.05) is 322 Å². The Bertz CT molecular complexity index is 5540. The van der Waals surface area contributed by atoms with E-state index in [2.05, 4.69) is 392 Å². The first kappa shape index (κ1) is 63.6. The fourth-order valence-corrected chi connectivity index (χ4v) is 17.1. The van der Waals surface area contributed by atoms with E-state index in [1.165, 1.54) is 122 Å². The predicted molar refractivity (Wildman–Crippen MR) is 431 cm³/mol. The number of para-hydroxylation sites is 2. The largest absolute Gasteiger partial charge is 0.310 e. The minimum atomic E-state index is -0.691. The summed E-state index contributed by atoms with van der Waals surface area (Å²) in [6.07, 6.45) is 5.44. The normalized spacial score (nSPS) is 15.2. The summed E-state index contributed by atoms with van der Waals surface area (Å²) < 4.78 is 0. The SMILES string of the molecule is C=Cc1ccc(Cc2cc(N(c3ccccc3)c3ccc4c(c3)C3(c5ccccc5-4)c4ccccc4-c4ccc(N(c5ccccc5)c5ccc6c(c5)C(c5ccc(C=C)cc5)(c5ccc(C(C)(C)C)cc5)c5ccccc5-6)cc43)ccc2-c2ccccc2Cc2ccc(C(C)(C)C)cc2)cc1. The monoisotopic (exact) mass is 1310 g/mol. The Hall–Kier alpha value is -11.8. The molecule has 0 saturated carbocycles. The van der Waals surface area contributed by atoms with E-state index in [1.807, 2.05) is 12.2 Å². The summed E-state index contributed by atoms with van der Waals surface area (Å²) in [6, 6.07) is 124. The number of hydrogen-bond acceptors (Lipinski definition) is 2. The third kappa shape index (κ3) is 10.5. The molecular formula is C100H82N2. The molecule has 14 aromatic carbocycles. The van der Waals surface area contributed by atoms with Crippen LogP contribution in [0.4, 0.5) is 34.1 Å². The van der Waals surface area contributed by atoms with Crippen LogP contribution in [0, 0.1) is 0 Å². The topological polar surface area (TPSA) is 6.48 Å². The van der Waals surface area contributed by atoms with Gasteiger partial charge in [0.25, 0.3) is 0 Å². The molecule has 2 atom stereocenters. The zero-order valence-corrected chi connectivity index (χ0v) is 59.1. The molecule has 14 aromatic rings. The lowest BCUT2D eigenvalue weighted by Gasteiger charge is -2.36. The molecule has 102 heavy (non-hydrogen) atoms. The maximum absolute atomic E-state index is 4.17. The van der Waals surface area contributed by atoms with Crippen molar-refractivity contribution in [3.63, 3.8) is 0 Å². The minimum absolute atomic E-state index is 0.0114. The zero-order valence-electron chi connectivity index (χ0n) is 59.1. The average Bonchev–Trinajstić information content (AvgIpc) is 1.51. The molecule has 1 spiro atoms. The third-order valence-corrected chi connectivity index (χ3v) is 22.1. The predicted octanol–water partition coefficient (Wildman–Crippen LogP) is 26.1. The molecule has 0 aromatic heterocycles. The Kier molecular flexibility index (Phi) is 15.6. The van der Waals surface area contributed by atoms with Gasteiger partial charge in [0.1, 0.15) is 0 Å². The van der Waals surface area contributed by atoms with E-state index in [1.54, 1.807) is 0 Å². The molecule has 492 valence electrons. The van der Waals surface area contributed by atoms with Gasteiger partial charge in [0.05, 0.1) is 10.8 Å². The van der Waals surface area contributed by atoms with E-state index in [-0.39, 0.29) is 10.8 Å². The van der Waals surface area contributed by atoms with Crippen molar-refractivity contribution in [2.24, 2.45) is 0 Å². The van der Waals surface area contributed by atoms with Gasteiger partial charge in [-0.15, -0.1) is 0 Å². The zero-order chi connectivity index (χ0) is 69.5. The molecule has 0 saturated heterocycles. The maximum Gasteiger partial charge on any atom is 0.0727 e. The van der Waals surface area contributed by atoms with E-state index in [4.69, 9.17) is 0 Å². The highest BCUT2D eigenvalue weighted by molar-refractivity contribution is 5.98. The van der Waals surface area contributed by atoms with Crippen LogP contribution in [-0.2, 0) is 34.5 Å². The molecule has 0 bridgehead atoms. The van der Waals surface area contributed by atoms with Crippen LogP contribution in [0.2, 0.25) is 0 Å². The van der Waals surface area contributed by atoms with Crippen LogP contribution in [0.25, 0.3) is 56.7 Å². The van der Waals surface area contributed by atoms with Gasteiger partial charge >= 0.3 is 0 Å². The lowest BCUT2D eigenvalue weighted by atomic mass is 9.67. The van der Waals surface area contributed by atoms with Crippen molar-refractivity contribution in [2.75, 3.05) is 9.80 Å². The molecule has 0 fully saturated rings. The summed E-state index contributed by atoms with van der Waals surface area (Å²) in [6.45, 7) is 22.0. The van der Waals surface area contributed by atoms with Crippen molar-refractivity contribution in [2.45, 2.75) is 76.0 Å². The summed E-state index contributed by atoms with van der Waals surface area (Å²) in [5.41, 5.74) is 35.2. The first-order chi connectivity index (χ1) is 49.7. The van der Waals surface area contributed by atoms with Crippen LogP contribution < -0.4 is 9.80 Å². The maximum atomic E-state index is 4.17.